The summed E-state index contributed by atoms with van der Waals surface area (Å²) in [4.78, 5) is 0. The zero-order valence-electron chi connectivity index (χ0n) is 5.80. The van der Waals surface area contributed by atoms with Gasteiger partial charge in [-0.1, -0.05) is 6.07 Å². The molecule has 0 saturated carbocycles. The van der Waals surface area contributed by atoms with E-state index >= 15 is 0 Å². The molecule has 1 heteroatoms. The molecule has 1 nitrogen and oxygen atoms in total. The SMILES string of the molecule is Nc1ccc2c(c1)CC[CH]2. The van der Waals surface area contributed by atoms with Gasteiger partial charge >= 0.3 is 0 Å². The highest BCUT2D eigenvalue weighted by Gasteiger charge is 2.09. The second-order valence-electron chi connectivity index (χ2n) is 2.70. The summed E-state index contributed by atoms with van der Waals surface area (Å²) >= 11 is 0. The summed E-state index contributed by atoms with van der Waals surface area (Å²) in [6.07, 6.45) is 4.61. The van der Waals surface area contributed by atoms with Crippen molar-refractivity contribution in [2.24, 2.45) is 0 Å². The maximum Gasteiger partial charge on any atom is 0.0316 e. The number of nitrogen functional groups attached to an aromatic ring is 1. The molecule has 10 heavy (non-hydrogen) atoms. The predicted octanol–water partition coefficient (Wildman–Crippen LogP) is 1.77. The van der Waals surface area contributed by atoms with Crippen LogP contribution in [0.15, 0.2) is 18.2 Å². The molecule has 0 atom stereocenters. The summed E-state index contributed by atoms with van der Waals surface area (Å²) in [5.74, 6) is 0. The van der Waals surface area contributed by atoms with Crippen LogP contribution in [-0.4, -0.2) is 0 Å². The van der Waals surface area contributed by atoms with E-state index in [1.807, 2.05) is 6.07 Å². The van der Waals surface area contributed by atoms with Gasteiger partial charge < -0.3 is 5.73 Å². The molecule has 2 rings (SSSR count). The van der Waals surface area contributed by atoms with Crippen molar-refractivity contribution in [3.05, 3.63) is 35.7 Å². The first-order valence-corrected chi connectivity index (χ1v) is 3.58. The Balaban J connectivity index is 2.52. The van der Waals surface area contributed by atoms with Crippen LogP contribution in [0.3, 0.4) is 0 Å². The second-order valence-corrected chi connectivity index (χ2v) is 2.70. The maximum atomic E-state index is 5.62. The molecule has 1 aliphatic carbocycles. The number of aryl methyl sites for hydroxylation is 1. The third kappa shape index (κ3) is 0.783. The Morgan fingerprint density at radius 3 is 3.10 bits per heavy atom. The summed E-state index contributed by atoms with van der Waals surface area (Å²) < 4.78 is 0. The van der Waals surface area contributed by atoms with Crippen molar-refractivity contribution in [2.45, 2.75) is 12.8 Å². The topological polar surface area (TPSA) is 26.0 Å². The summed E-state index contributed by atoms with van der Waals surface area (Å²) in [6, 6.07) is 6.12. The molecule has 0 spiro atoms. The Bertz CT molecular complexity index is 253. The molecule has 1 radical (unpaired) electrons. The minimum absolute atomic E-state index is 0.883. The van der Waals surface area contributed by atoms with Gasteiger partial charge in [-0.2, -0.15) is 0 Å². The Morgan fingerprint density at radius 1 is 1.30 bits per heavy atom. The van der Waals surface area contributed by atoms with Crippen LogP contribution in [0.1, 0.15) is 17.5 Å². The fraction of sp³-hybridized carbons (Fsp3) is 0.222. The summed E-state index contributed by atoms with van der Waals surface area (Å²) in [5.41, 5.74) is 9.27. The van der Waals surface area contributed by atoms with E-state index in [0.717, 1.165) is 5.69 Å². The van der Waals surface area contributed by atoms with Gasteiger partial charge in [-0.25, -0.2) is 0 Å². The van der Waals surface area contributed by atoms with Gasteiger partial charge in [0.1, 0.15) is 0 Å². The minimum Gasteiger partial charge on any atom is -0.399 e. The standard InChI is InChI=1S/C9H10N/c10-9-5-4-7-2-1-3-8(7)6-9/h2,4-6H,1,3,10H2. The molecule has 51 valence electrons. The Morgan fingerprint density at radius 2 is 2.20 bits per heavy atom. The number of nitrogens with two attached hydrogens (primary N) is 1. The summed E-state index contributed by atoms with van der Waals surface area (Å²) in [6.45, 7) is 0. The van der Waals surface area contributed by atoms with Crippen molar-refractivity contribution in [3.63, 3.8) is 0 Å². The maximum absolute atomic E-state index is 5.62. The highest BCUT2D eigenvalue weighted by atomic mass is 14.5. The molecular weight excluding hydrogens is 122 g/mol. The van der Waals surface area contributed by atoms with Crippen LogP contribution in [0.5, 0.6) is 0 Å². The second kappa shape index (κ2) is 2.01. The molecule has 0 fully saturated rings. The van der Waals surface area contributed by atoms with Crippen LogP contribution in [0.25, 0.3) is 0 Å². The molecular formula is C9H10N. The molecule has 1 aromatic rings. The zero-order chi connectivity index (χ0) is 6.97. The number of anilines is 1. The minimum atomic E-state index is 0.883. The lowest BCUT2D eigenvalue weighted by molar-refractivity contribution is 1.03. The first-order chi connectivity index (χ1) is 4.86. The quantitative estimate of drug-likeness (QED) is 0.535. The Kier molecular flexibility index (Phi) is 1.16. The van der Waals surface area contributed by atoms with E-state index in [1.165, 1.54) is 24.0 Å². The fourth-order valence-corrected chi connectivity index (χ4v) is 1.42. The van der Waals surface area contributed by atoms with Crippen molar-refractivity contribution < 1.29 is 0 Å². The van der Waals surface area contributed by atoms with E-state index in [1.54, 1.807) is 0 Å². The van der Waals surface area contributed by atoms with Crippen LogP contribution < -0.4 is 5.73 Å². The lowest BCUT2D eigenvalue weighted by atomic mass is 10.1. The fourth-order valence-electron chi connectivity index (χ4n) is 1.42. The highest BCUT2D eigenvalue weighted by molar-refractivity contribution is 5.49. The average Bonchev–Trinajstić information content (AvgIpc) is 2.33. The molecule has 1 aliphatic rings. The molecule has 0 aliphatic heterocycles. The van der Waals surface area contributed by atoms with Gasteiger partial charge in [0, 0.05) is 5.69 Å². The van der Waals surface area contributed by atoms with Crippen molar-refractivity contribution in [1.82, 2.24) is 0 Å². The molecule has 0 heterocycles. The third-order valence-corrected chi connectivity index (χ3v) is 1.94. The van der Waals surface area contributed by atoms with Crippen molar-refractivity contribution >= 4 is 5.69 Å². The first kappa shape index (κ1) is 5.78. The summed E-state index contributed by atoms with van der Waals surface area (Å²) in [5, 5.41) is 0. The molecule has 0 aromatic heterocycles. The highest BCUT2D eigenvalue weighted by Crippen LogP contribution is 2.24. The van der Waals surface area contributed by atoms with Crippen LogP contribution in [0.2, 0.25) is 0 Å². The van der Waals surface area contributed by atoms with Gasteiger partial charge in [-0.15, -0.1) is 0 Å². The van der Waals surface area contributed by atoms with Gasteiger partial charge in [0.05, 0.1) is 0 Å². The van der Waals surface area contributed by atoms with E-state index < -0.39 is 0 Å². The lowest BCUT2D eigenvalue weighted by Crippen LogP contribution is -1.87. The average molecular weight is 132 g/mol. The molecule has 0 unspecified atom stereocenters. The number of fused-ring (bicyclic) bond motifs is 1. The van der Waals surface area contributed by atoms with Crippen LogP contribution in [-0.2, 0) is 6.42 Å². The number of hydrogen-bond acceptors (Lipinski definition) is 1. The monoisotopic (exact) mass is 132 g/mol. The van der Waals surface area contributed by atoms with E-state index in [2.05, 4.69) is 18.6 Å². The normalized spacial score (nSPS) is 15.2. The third-order valence-electron chi connectivity index (χ3n) is 1.94. The number of rotatable bonds is 0. The van der Waals surface area contributed by atoms with E-state index in [-0.39, 0.29) is 0 Å². The van der Waals surface area contributed by atoms with Gasteiger partial charge in [0.15, 0.2) is 0 Å². The predicted molar refractivity (Wildman–Crippen MR) is 42.6 cm³/mol. The Hall–Kier alpha value is -0.980. The lowest BCUT2D eigenvalue weighted by Gasteiger charge is -1.97. The van der Waals surface area contributed by atoms with E-state index in [9.17, 15) is 0 Å². The van der Waals surface area contributed by atoms with Crippen LogP contribution >= 0.6 is 0 Å². The van der Waals surface area contributed by atoms with Crippen molar-refractivity contribution in [3.8, 4) is 0 Å². The molecule has 0 bridgehead atoms. The van der Waals surface area contributed by atoms with Crippen LogP contribution in [0.4, 0.5) is 5.69 Å². The van der Waals surface area contributed by atoms with Gasteiger partial charge in [-0.05, 0) is 42.5 Å². The van der Waals surface area contributed by atoms with E-state index in [4.69, 9.17) is 5.73 Å². The summed E-state index contributed by atoms with van der Waals surface area (Å²) in [7, 11) is 0. The molecule has 2 N–H and O–H groups in total. The number of hydrogen-bond donors (Lipinski definition) is 1. The number of benzene rings is 1. The smallest absolute Gasteiger partial charge is 0.0316 e. The molecule has 1 aromatic carbocycles. The molecule has 0 amide bonds. The molecule has 0 saturated heterocycles. The first-order valence-electron chi connectivity index (χ1n) is 3.58. The zero-order valence-corrected chi connectivity index (χ0v) is 5.80. The van der Waals surface area contributed by atoms with Gasteiger partial charge in [0.25, 0.3) is 0 Å². The van der Waals surface area contributed by atoms with Crippen molar-refractivity contribution in [1.29, 1.82) is 0 Å². The van der Waals surface area contributed by atoms with Gasteiger partial charge in [0.2, 0.25) is 0 Å². The largest absolute Gasteiger partial charge is 0.399 e. The van der Waals surface area contributed by atoms with Crippen LogP contribution in [0, 0.1) is 6.42 Å². The van der Waals surface area contributed by atoms with E-state index in [0.29, 0.717) is 0 Å². The Labute approximate surface area is 60.9 Å². The van der Waals surface area contributed by atoms with Crippen molar-refractivity contribution in [2.75, 3.05) is 5.73 Å². The van der Waals surface area contributed by atoms with Gasteiger partial charge in [-0.3, -0.25) is 0 Å².